The van der Waals surface area contributed by atoms with Crippen LogP contribution in [0.2, 0.25) is 0 Å². The molecule has 26 unspecified atom stereocenters. The summed E-state index contributed by atoms with van der Waals surface area (Å²) in [4.78, 5) is 13.5. The van der Waals surface area contributed by atoms with E-state index in [-0.39, 0.29) is 71.9 Å². The molecule has 2 N–H and O–H groups in total. The molecule has 17 heteroatoms. The Bertz CT molecular complexity index is 1670. The summed E-state index contributed by atoms with van der Waals surface area (Å²) in [7, 11) is 6.60. The van der Waals surface area contributed by atoms with Gasteiger partial charge in [0.15, 0.2) is 36.7 Å². The number of aliphatic hydroxyl groups is 2. The minimum atomic E-state index is -0.947. The van der Waals surface area contributed by atoms with E-state index < -0.39 is 85.2 Å². The quantitative estimate of drug-likeness (QED) is 0.259. The first-order valence-electron chi connectivity index (χ1n) is 25.1. The number of rotatable bonds is 12. The zero-order valence-corrected chi connectivity index (χ0v) is 41.1. The molecule has 0 amide bonds. The number of hydrogen-bond donors (Lipinski definition) is 2. The molecule has 9 fully saturated rings. The Hall–Kier alpha value is -0.970. The van der Waals surface area contributed by atoms with Crippen molar-refractivity contribution in [3.8, 4) is 0 Å². The smallest absolute Gasteiger partial charge is 0.172 e. The van der Waals surface area contributed by atoms with Gasteiger partial charge in [0.1, 0.15) is 30.5 Å². The largest absolute Gasteiger partial charge is 0.388 e. The lowest BCUT2D eigenvalue weighted by molar-refractivity contribution is -0.347. The Labute approximate surface area is 391 Å². The van der Waals surface area contributed by atoms with Crippen LogP contribution in [-0.4, -0.2) is 173 Å². The van der Waals surface area contributed by atoms with Crippen molar-refractivity contribution in [2.45, 2.75) is 248 Å². The molecule has 0 aromatic carbocycles. The zero-order chi connectivity index (χ0) is 47.0. The van der Waals surface area contributed by atoms with Gasteiger partial charge in [-0.05, 0) is 91.4 Å². The fourth-order valence-corrected chi connectivity index (χ4v) is 14.3. The summed E-state index contributed by atoms with van der Waals surface area (Å²) in [5.74, 6) is -0.238. The molecule has 0 radical (unpaired) electrons. The summed E-state index contributed by atoms with van der Waals surface area (Å²) in [5, 5.41) is 21.1. The minimum Gasteiger partial charge on any atom is -0.388 e. The van der Waals surface area contributed by atoms with Crippen molar-refractivity contribution in [3.63, 3.8) is 0 Å². The Kier molecular flexibility index (Phi) is 14.8. The molecule has 66 heavy (non-hydrogen) atoms. The molecule has 6 aliphatic heterocycles. The molecular weight excluding hydrogens is 861 g/mol. The Morgan fingerprint density at radius 3 is 1.55 bits per heavy atom. The van der Waals surface area contributed by atoms with Crippen LogP contribution in [0, 0.1) is 28.6 Å². The second kappa shape index (κ2) is 19.6. The first-order valence-corrected chi connectivity index (χ1v) is 25.1. The normalized spacial score (nSPS) is 55.2. The molecule has 6 saturated heterocycles. The predicted molar refractivity (Wildman–Crippen MR) is 233 cm³/mol. The van der Waals surface area contributed by atoms with E-state index in [1.54, 1.807) is 35.4 Å². The number of fused-ring (bicyclic) bond motifs is 5. The number of ketones is 1. The van der Waals surface area contributed by atoms with Gasteiger partial charge in [-0.15, -0.1) is 0 Å². The van der Waals surface area contributed by atoms with Crippen LogP contribution >= 0.6 is 0 Å². The lowest BCUT2D eigenvalue weighted by atomic mass is 9.52. The van der Waals surface area contributed by atoms with Gasteiger partial charge in [-0.2, -0.15) is 0 Å². The number of Topliss-reactive ketones (excluding diaryl/α,β-unsaturated/α-hetero) is 1. The maximum absolute atomic E-state index is 13.5. The highest BCUT2D eigenvalue weighted by molar-refractivity contribution is 5.91. The van der Waals surface area contributed by atoms with Crippen molar-refractivity contribution in [1.29, 1.82) is 0 Å². The van der Waals surface area contributed by atoms with Crippen molar-refractivity contribution in [1.82, 2.24) is 0 Å². The van der Waals surface area contributed by atoms with Crippen molar-refractivity contribution in [2.24, 2.45) is 28.6 Å². The van der Waals surface area contributed by atoms with E-state index >= 15 is 0 Å². The summed E-state index contributed by atoms with van der Waals surface area (Å²) in [6, 6.07) is 0. The molecule has 3 aliphatic carbocycles. The Balaban J connectivity index is 0.765. The highest BCUT2D eigenvalue weighted by Crippen LogP contribution is 2.67. The highest BCUT2D eigenvalue weighted by Gasteiger charge is 2.71. The van der Waals surface area contributed by atoms with Crippen LogP contribution in [0.5, 0.6) is 0 Å². The number of methoxy groups -OCH3 is 4. The van der Waals surface area contributed by atoms with Crippen molar-refractivity contribution in [2.75, 3.05) is 28.4 Å². The van der Waals surface area contributed by atoms with E-state index in [0.717, 1.165) is 38.5 Å². The molecule has 17 nitrogen and oxygen atoms in total. The van der Waals surface area contributed by atoms with Gasteiger partial charge in [0.25, 0.3) is 0 Å². The third-order valence-electron chi connectivity index (χ3n) is 18.1. The Morgan fingerprint density at radius 1 is 0.545 bits per heavy atom. The van der Waals surface area contributed by atoms with E-state index in [1.807, 2.05) is 27.7 Å². The van der Waals surface area contributed by atoms with Crippen molar-refractivity contribution < 1.29 is 81.3 Å². The topological polar surface area (TPSA) is 187 Å². The van der Waals surface area contributed by atoms with E-state index in [4.69, 9.17) is 66.3 Å². The van der Waals surface area contributed by atoms with E-state index in [0.29, 0.717) is 38.0 Å². The fraction of sp³-hybridized carbons (Fsp3) is 0.980. The zero-order valence-electron chi connectivity index (χ0n) is 41.1. The lowest BCUT2D eigenvalue weighted by Gasteiger charge is -2.57. The average Bonchev–Trinajstić information content (AvgIpc) is 3.77. The summed E-state index contributed by atoms with van der Waals surface area (Å²) < 4.78 is 89.3. The Morgan fingerprint density at radius 2 is 1.03 bits per heavy atom. The molecule has 9 rings (SSSR count). The van der Waals surface area contributed by atoms with Crippen LogP contribution in [0.25, 0.3) is 0 Å². The number of aliphatic hydroxyl groups excluding tert-OH is 2. The molecule has 2 bridgehead atoms. The summed E-state index contributed by atoms with van der Waals surface area (Å²) >= 11 is 0. The summed E-state index contributed by atoms with van der Waals surface area (Å²) in [6.07, 6.45) is -1.02. The minimum absolute atomic E-state index is 0.0248. The molecular formula is C49H80O17. The second-order valence-corrected chi connectivity index (χ2v) is 21.7. The van der Waals surface area contributed by atoms with Gasteiger partial charge in [0.05, 0.1) is 72.6 Å². The van der Waals surface area contributed by atoms with Crippen molar-refractivity contribution in [3.05, 3.63) is 0 Å². The number of ether oxygens (including phenoxy) is 14. The van der Waals surface area contributed by atoms with Crippen LogP contribution in [-0.2, 0) is 71.1 Å². The molecule has 6 heterocycles. The van der Waals surface area contributed by atoms with Gasteiger partial charge in [-0.3, -0.25) is 4.79 Å². The number of carbonyl (C=O) groups excluding carboxylic acids is 1. The van der Waals surface area contributed by atoms with Crippen LogP contribution in [0.1, 0.15) is 119 Å². The summed E-state index contributed by atoms with van der Waals surface area (Å²) in [6.45, 7) is 14.2. The van der Waals surface area contributed by atoms with Gasteiger partial charge in [0, 0.05) is 72.4 Å². The average molecular weight is 941 g/mol. The van der Waals surface area contributed by atoms with Crippen molar-refractivity contribution >= 4 is 5.78 Å². The second-order valence-electron chi connectivity index (χ2n) is 21.7. The van der Waals surface area contributed by atoms with Crippen LogP contribution in [0.15, 0.2) is 0 Å². The third-order valence-corrected chi connectivity index (χ3v) is 18.1. The van der Waals surface area contributed by atoms with Crippen LogP contribution in [0.3, 0.4) is 0 Å². The van der Waals surface area contributed by atoms with E-state index in [9.17, 15) is 15.0 Å². The predicted octanol–water partition coefficient (Wildman–Crippen LogP) is 4.56. The van der Waals surface area contributed by atoms with E-state index in [2.05, 4.69) is 13.8 Å². The molecule has 26 atom stereocenters. The van der Waals surface area contributed by atoms with Gasteiger partial charge >= 0.3 is 0 Å². The monoisotopic (exact) mass is 941 g/mol. The molecule has 9 aliphatic rings. The molecule has 0 aromatic rings. The van der Waals surface area contributed by atoms with Crippen LogP contribution in [0.4, 0.5) is 0 Å². The molecule has 0 aromatic heterocycles. The maximum atomic E-state index is 13.5. The molecule has 3 saturated carbocycles. The summed E-state index contributed by atoms with van der Waals surface area (Å²) in [5.41, 5.74) is -0.764. The molecule has 1 spiro atoms. The van der Waals surface area contributed by atoms with E-state index in [1.165, 1.54) is 0 Å². The highest BCUT2D eigenvalue weighted by atomic mass is 16.8. The number of hydrogen-bond acceptors (Lipinski definition) is 17. The van der Waals surface area contributed by atoms with Gasteiger partial charge in [0.2, 0.25) is 0 Å². The third kappa shape index (κ3) is 8.90. The van der Waals surface area contributed by atoms with Gasteiger partial charge in [-0.1, -0.05) is 6.92 Å². The SMILES string of the molecule is COC1CC(OC2C(C)OC(OC3C(C)OC(OC4C(C)OC(OC5CCC6(C)C(CCC78OC(C)C9CC(O)C(=O)C9(C)C(CC76)O8)C5)CC4OC)CC3OC)CC2OC)OC(C)C1O. The first kappa shape index (κ1) is 50.0. The standard InChI is InChI=1S/C49H80O17/c1-23-30-17-31(50)46(52)48(30,7)37-22-36-47(6)14-13-29(16-28(47)12-15-49(36,65-23)66-37)61-38-19-33(54-9)43(25(3)58-38)63-40-21-35(56-11)45(27(5)60-40)64-41-20-34(55-10)44(26(4)59-41)62-39-18-32(53-8)42(51)24(2)57-39/h23-45,50-51H,12-22H2,1-11H3. The lowest BCUT2D eigenvalue weighted by Crippen LogP contribution is -2.58. The fourth-order valence-electron chi connectivity index (χ4n) is 14.3. The first-order chi connectivity index (χ1) is 31.4. The van der Waals surface area contributed by atoms with Gasteiger partial charge < -0.3 is 76.5 Å². The van der Waals surface area contributed by atoms with Gasteiger partial charge in [-0.25, -0.2) is 0 Å². The maximum Gasteiger partial charge on any atom is 0.172 e. The molecule has 378 valence electrons. The number of carbonyl (C=O) groups is 1. The van der Waals surface area contributed by atoms with Crippen LogP contribution < -0.4 is 0 Å².